The second-order valence-corrected chi connectivity index (χ2v) is 5.38. The van der Waals surface area contributed by atoms with Crippen LogP contribution in [0, 0.1) is 11.2 Å². The van der Waals surface area contributed by atoms with Crippen LogP contribution in [0.1, 0.15) is 38.5 Å². The van der Waals surface area contributed by atoms with Crippen molar-refractivity contribution in [2.45, 2.75) is 38.5 Å². The number of amides is 1. The van der Waals surface area contributed by atoms with Crippen LogP contribution < -0.4 is 5.32 Å². The van der Waals surface area contributed by atoms with Gasteiger partial charge >= 0.3 is 5.97 Å². The van der Waals surface area contributed by atoms with Gasteiger partial charge in [0.2, 0.25) is 5.91 Å². The lowest BCUT2D eigenvalue weighted by molar-refractivity contribution is -0.153. The number of benzene rings is 1. The third-order valence-corrected chi connectivity index (χ3v) is 3.87. The summed E-state index contributed by atoms with van der Waals surface area (Å²) in [7, 11) is 0. The maximum absolute atomic E-state index is 13.0. The average Bonchev–Trinajstić information content (AvgIpc) is 2.39. The van der Waals surface area contributed by atoms with E-state index in [0.717, 1.165) is 19.3 Å². The number of carboxylic acids is 1. The molecule has 1 aromatic carbocycles. The Kier molecular flexibility index (Phi) is 4.37. The van der Waals surface area contributed by atoms with Gasteiger partial charge in [0.25, 0.3) is 0 Å². The van der Waals surface area contributed by atoms with E-state index in [4.69, 9.17) is 0 Å². The van der Waals surface area contributed by atoms with Gasteiger partial charge in [-0.2, -0.15) is 0 Å². The van der Waals surface area contributed by atoms with E-state index < -0.39 is 17.2 Å². The molecule has 0 saturated heterocycles. The summed E-state index contributed by atoms with van der Waals surface area (Å²) < 4.78 is 13.0. The van der Waals surface area contributed by atoms with Crippen molar-refractivity contribution in [2.24, 2.45) is 5.41 Å². The molecule has 0 heterocycles. The van der Waals surface area contributed by atoms with Crippen molar-refractivity contribution in [2.75, 3.05) is 5.32 Å². The Morgan fingerprint density at radius 3 is 2.55 bits per heavy atom. The molecule has 0 radical (unpaired) electrons. The molecule has 0 atom stereocenters. The zero-order chi connectivity index (χ0) is 14.6. The first-order valence-electron chi connectivity index (χ1n) is 6.81. The van der Waals surface area contributed by atoms with Crippen LogP contribution in [0.15, 0.2) is 24.3 Å². The number of anilines is 1. The van der Waals surface area contributed by atoms with Crippen LogP contribution in [-0.4, -0.2) is 17.0 Å². The van der Waals surface area contributed by atoms with E-state index in [1.165, 1.54) is 18.2 Å². The van der Waals surface area contributed by atoms with Crippen molar-refractivity contribution in [1.29, 1.82) is 0 Å². The molecule has 0 spiro atoms. The molecule has 1 aliphatic rings. The van der Waals surface area contributed by atoms with Gasteiger partial charge in [0, 0.05) is 12.1 Å². The van der Waals surface area contributed by atoms with Crippen molar-refractivity contribution >= 4 is 17.6 Å². The zero-order valence-corrected chi connectivity index (χ0v) is 11.2. The number of rotatable bonds is 4. The number of hydrogen-bond donors (Lipinski definition) is 2. The molecular formula is C15H18FNO3. The summed E-state index contributed by atoms with van der Waals surface area (Å²) in [5.41, 5.74) is -0.610. The molecular weight excluding hydrogens is 261 g/mol. The van der Waals surface area contributed by atoms with Crippen LogP contribution in [0.25, 0.3) is 0 Å². The Hall–Kier alpha value is -1.91. The van der Waals surface area contributed by atoms with E-state index in [9.17, 15) is 19.1 Å². The summed E-state index contributed by atoms with van der Waals surface area (Å²) >= 11 is 0. The van der Waals surface area contributed by atoms with E-state index >= 15 is 0 Å². The number of aliphatic carboxylic acids is 1. The molecule has 1 fully saturated rings. The summed E-state index contributed by atoms with van der Waals surface area (Å²) in [5, 5.41) is 12.0. The highest BCUT2D eigenvalue weighted by atomic mass is 19.1. The van der Waals surface area contributed by atoms with Gasteiger partial charge in [-0.3, -0.25) is 9.59 Å². The highest BCUT2D eigenvalue weighted by molar-refractivity contribution is 5.94. The lowest BCUT2D eigenvalue weighted by Crippen LogP contribution is -2.37. The minimum Gasteiger partial charge on any atom is -0.481 e. The quantitative estimate of drug-likeness (QED) is 0.889. The Balaban J connectivity index is 2.03. The van der Waals surface area contributed by atoms with Crippen LogP contribution in [0.3, 0.4) is 0 Å². The van der Waals surface area contributed by atoms with Gasteiger partial charge in [0.1, 0.15) is 5.82 Å². The predicted molar refractivity (Wildman–Crippen MR) is 72.8 cm³/mol. The van der Waals surface area contributed by atoms with Gasteiger partial charge in [0.05, 0.1) is 5.41 Å². The number of halogens is 1. The first-order valence-corrected chi connectivity index (χ1v) is 6.81. The number of nitrogens with one attached hydrogen (secondary N) is 1. The van der Waals surface area contributed by atoms with Gasteiger partial charge in [-0.25, -0.2) is 4.39 Å². The predicted octanol–water partition coefficient (Wildman–Crippen LogP) is 3.19. The van der Waals surface area contributed by atoms with Crippen molar-refractivity contribution in [3.63, 3.8) is 0 Å². The topological polar surface area (TPSA) is 66.4 Å². The number of carbonyl (C=O) groups excluding carboxylic acids is 1. The van der Waals surface area contributed by atoms with E-state index in [1.807, 2.05) is 0 Å². The monoisotopic (exact) mass is 279 g/mol. The molecule has 1 saturated carbocycles. The normalized spacial score (nSPS) is 17.4. The minimum atomic E-state index is -0.963. The van der Waals surface area contributed by atoms with Gasteiger partial charge in [0.15, 0.2) is 0 Å². The van der Waals surface area contributed by atoms with Crippen LogP contribution >= 0.6 is 0 Å². The SMILES string of the molecule is O=C(CC1(C(=O)O)CCCCC1)Nc1cccc(F)c1. The number of carboxylic acid groups (broad SMARTS) is 1. The fourth-order valence-electron chi connectivity index (χ4n) is 2.77. The Morgan fingerprint density at radius 1 is 1.25 bits per heavy atom. The van der Waals surface area contributed by atoms with Crippen LogP contribution in [0.2, 0.25) is 0 Å². The maximum Gasteiger partial charge on any atom is 0.310 e. The summed E-state index contributed by atoms with van der Waals surface area (Å²) in [6.45, 7) is 0. The van der Waals surface area contributed by atoms with Crippen molar-refractivity contribution < 1.29 is 19.1 Å². The number of hydrogen-bond acceptors (Lipinski definition) is 2. The molecule has 1 aromatic rings. The number of carbonyl (C=O) groups is 2. The van der Waals surface area contributed by atoms with Crippen LogP contribution in [0.5, 0.6) is 0 Å². The Morgan fingerprint density at radius 2 is 1.95 bits per heavy atom. The minimum absolute atomic E-state index is 0.0567. The van der Waals surface area contributed by atoms with E-state index in [0.29, 0.717) is 18.5 Å². The van der Waals surface area contributed by atoms with Crippen molar-refractivity contribution in [3.8, 4) is 0 Å². The molecule has 0 bridgehead atoms. The highest BCUT2D eigenvalue weighted by Crippen LogP contribution is 2.39. The highest BCUT2D eigenvalue weighted by Gasteiger charge is 2.41. The largest absolute Gasteiger partial charge is 0.481 e. The molecule has 1 aliphatic carbocycles. The molecule has 2 N–H and O–H groups in total. The van der Waals surface area contributed by atoms with E-state index in [2.05, 4.69) is 5.32 Å². The molecule has 1 amide bonds. The van der Waals surface area contributed by atoms with Gasteiger partial charge in [-0.05, 0) is 31.0 Å². The second-order valence-electron chi connectivity index (χ2n) is 5.38. The van der Waals surface area contributed by atoms with E-state index in [-0.39, 0.29) is 12.3 Å². The van der Waals surface area contributed by atoms with Crippen LogP contribution in [-0.2, 0) is 9.59 Å². The summed E-state index contributed by atoms with van der Waals surface area (Å²) in [6.07, 6.45) is 3.68. The van der Waals surface area contributed by atoms with Crippen molar-refractivity contribution in [1.82, 2.24) is 0 Å². The standard InChI is InChI=1S/C15H18FNO3/c16-11-5-4-6-12(9-11)17-13(18)10-15(14(19)20)7-2-1-3-8-15/h4-6,9H,1-3,7-8,10H2,(H,17,18)(H,19,20). The smallest absolute Gasteiger partial charge is 0.310 e. The zero-order valence-electron chi connectivity index (χ0n) is 11.2. The molecule has 20 heavy (non-hydrogen) atoms. The molecule has 0 unspecified atom stereocenters. The molecule has 108 valence electrons. The van der Waals surface area contributed by atoms with E-state index in [1.54, 1.807) is 6.07 Å². The fraction of sp³-hybridized carbons (Fsp3) is 0.467. The third kappa shape index (κ3) is 3.35. The Bertz CT molecular complexity index is 510. The molecule has 0 aromatic heterocycles. The van der Waals surface area contributed by atoms with Crippen LogP contribution in [0.4, 0.5) is 10.1 Å². The maximum atomic E-state index is 13.0. The average molecular weight is 279 g/mol. The van der Waals surface area contributed by atoms with Crippen molar-refractivity contribution in [3.05, 3.63) is 30.1 Å². The molecule has 0 aliphatic heterocycles. The third-order valence-electron chi connectivity index (χ3n) is 3.87. The molecule has 5 heteroatoms. The summed E-state index contributed by atoms with van der Waals surface area (Å²) in [5.74, 6) is -1.72. The van der Waals surface area contributed by atoms with Gasteiger partial charge < -0.3 is 10.4 Å². The lowest BCUT2D eigenvalue weighted by Gasteiger charge is -2.32. The van der Waals surface area contributed by atoms with Gasteiger partial charge in [-0.1, -0.05) is 25.3 Å². The second kappa shape index (κ2) is 6.03. The first kappa shape index (κ1) is 14.5. The summed E-state index contributed by atoms with van der Waals surface area (Å²) in [6, 6.07) is 5.58. The van der Waals surface area contributed by atoms with Gasteiger partial charge in [-0.15, -0.1) is 0 Å². The lowest BCUT2D eigenvalue weighted by atomic mass is 9.71. The fourth-order valence-corrected chi connectivity index (χ4v) is 2.77. The Labute approximate surface area is 117 Å². The summed E-state index contributed by atoms with van der Waals surface area (Å²) in [4.78, 5) is 23.5. The first-order chi connectivity index (χ1) is 9.52. The molecule has 2 rings (SSSR count). The molecule has 4 nitrogen and oxygen atoms in total.